The molecule has 0 radical (unpaired) electrons. The number of para-hydroxylation sites is 1. The van der Waals surface area contributed by atoms with Crippen molar-refractivity contribution in [1.29, 1.82) is 0 Å². The summed E-state index contributed by atoms with van der Waals surface area (Å²) in [7, 11) is 1.97. The molecule has 0 saturated heterocycles. The van der Waals surface area contributed by atoms with Crippen LogP contribution in [0.2, 0.25) is 0 Å². The van der Waals surface area contributed by atoms with Gasteiger partial charge in [-0.05, 0) is 37.9 Å². The van der Waals surface area contributed by atoms with Crippen LogP contribution in [-0.2, 0) is 13.2 Å². The van der Waals surface area contributed by atoms with Crippen LogP contribution in [0.3, 0.4) is 0 Å². The Morgan fingerprint density at radius 2 is 1.90 bits per heavy atom. The van der Waals surface area contributed by atoms with E-state index < -0.39 is 0 Å². The van der Waals surface area contributed by atoms with Crippen molar-refractivity contribution in [3.8, 4) is 5.75 Å². The topological polar surface area (TPSA) is 34.1 Å². The first kappa shape index (κ1) is 16.0. The maximum atomic E-state index is 6.01. The molecule has 2 aromatic rings. The van der Waals surface area contributed by atoms with Crippen molar-refractivity contribution < 1.29 is 4.74 Å². The van der Waals surface area contributed by atoms with Crippen LogP contribution in [-0.4, -0.2) is 12.0 Å². The molecule has 2 rings (SSSR count). The number of thiazole rings is 1. The lowest BCUT2D eigenvalue weighted by atomic mass is 10.1. The van der Waals surface area contributed by atoms with Crippen molar-refractivity contribution in [3.63, 3.8) is 0 Å². The van der Waals surface area contributed by atoms with Crippen LogP contribution in [0.5, 0.6) is 5.75 Å². The summed E-state index contributed by atoms with van der Waals surface area (Å²) in [6.07, 6.45) is 0. The van der Waals surface area contributed by atoms with Gasteiger partial charge in [0.1, 0.15) is 17.4 Å². The summed E-state index contributed by atoms with van der Waals surface area (Å²) >= 11 is 1.74. The molecule has 0 bridgehead atoms. The molecule has 114 valence electrons. The third-order valence-corrected chi connectivity index (χ3v) is 4.45. The Hall–Kier alpha value is -1.39. The number of nitrogens with zero attached hydrogens (tertiary/aromatic N) is 1. The van der Waals surface area contributed by atoms with Crippen LogP contribution < -0.4 is 10.1 Å². The lowest BCUT2D eigenvalue weighted by Crippen LogP contribution is -2.06. The van der Waals surface area contributed by atoms with Gasteiger partial charge in [-0.3, -0.25) is 0 Å². The Labute approximate surface area is 131 Å². The number of rotatable bonds is 6. The van der Waals surface area contributed by atoms with Gasteiger partial charge in [0, 0.05) is 11.4 Å². The molecule has 0 saturated carbocycles. The molecule has 0 amide bonds. The number of aryl methyl sites for hydroxylation is 2. The molecule has 21 heavy (non-hydrogen) atoms. The molecule has 1 aromatic heterocycles. The third-order valence-electron chi connectivity index (χ3n) is 3.40. The standard InChI is InChI=1S/C17H24N2OS/c1-11(2)16-14(9-18-5)21-15(19-16)10-20-17-12(3)7-6-8-13(17)4/h6-8,11,18H,9-10H2,1-5H3. The Morgan fingerprint density at radius 1 is 1.24 bits per heavy atom. The summed E-state index contributed by atoms with van der Waals surface area (Å²) in [4.78, 5) is 6.07. The second-order valence-corrected chi connectivity index (χ2v) is 6.78. The van der Waals surface area contributed by atoms with Gasteiger partial charge in [-0.2, -0.15) is 0 Å². The highest BCUT2D eigenvalue weighted by molar-refractivity contribution is 7.11. The summed E-state index contributed by atoms with van der Waals surface area (Å²) in [5.74, 6) is 1.42. The molecule has 1 heterocycles. The zero-order valence-electron chi connectivity index (χ0n) is 13.5. The fraction of sp³-hybridized carbons (Fsp3) is 0.471. The average Bonchev–Trinajstić information content (AvgIpc) is 2.82. The molecule has 0 aliphatic rings. The van der Waals surface area contributed by atoms with E-state index in [0.29, 0.717) is 12.5 Å². The van der Waals surface area contributed by atoms with Crippen LogP contribution >= 0.6 is 11.3 Å². The number of ether oxygens (including phenoxy) is 1. The summed E-state index contributed by atoms with van der Waals surface area (Å²) < 4.78 is 6.01. The van der Waals surface area contributed by atoms with Crippen LogP contribution in [0.4, 0.5) is 0 Å². The fourth-order valence-electron chi connectivity index (χ4n) is 2.37. The molecule has 3 nitrogen and oxygen atoms in total. The molecule has 0 atom stereocenters. The van der Waals surface area contributed by atoms with Crippen molar-refractivity contribution in [3.05, 3.63) is 44.9 Å². The van der Waals surface area contributed by atoms with Crippen LogP contribution in [0.25, 0.3) is 0 Å². The van der Waals surface area contributed by atoms with Crippen LogP contribution in [0.15, 0.2) is 18.2 Å². The summed E-state index contributed by atoms with van der Waals surface area (Å²) in [5.41, 5.74) is 3.53. The van der Waals surface area contributed by atoms with E-state index in [1.165, 1.54) is 21.7 Å². The zero-order chi connectivity index (χ0) is 15.4. The van der Waals surface area contributed by atoms with Gasteiger partial charge in [-0.25, -0.2) is 4.98 Å². The van der Waals surface area contributed by atoms with E-state index >= 15 is 0 Å². The number of hydrogen-bond acceptors (Lipinski definition) is 4. The smallest absolute Gasteiger partial charge is 0.140 e. The monoisotopic (exact) mass is 304 g/mol. The molecular weight excluding hydrogens is 280 g/mol. The number of nitrogens with one attached hydrogen (secondary N) is 1. The lowest BCUT2D eigenvalue weighted by molar-refractivity contribution is 0.301. The van der Waals surface area contributed by atoms with E-state index in [9.17, 15) is 0 Å². The molecule has 4 heteroatoms. The summed E-state index contributed by atoms with van der Waals surface area (Å²) in [6, 6.07) is 6.22. The van der Waals surface area contributed by atoms with Gasteiger partial charge in [0.25, 0.3) is 0 Å². The lowest BCUT2D eigenvalue weighted by Gasteiger charge is -2.10. The van der Waals surface area contributed by atoms with Crippen molar-refractivity contribution >= 4 is 11.3 Å². The normalized spacial score (nSPS) is 11.1. The Kier molecular flexibility index (Phi) is 5.37. The first-order chi connectivity index (χ1) is 10.0. The van der Waals surface area contributed by atoms with E-state index in [1.54, 1.807) is 11.3 Å². The zero-order valence-corrected chi connectivity index (χ0v) is 14.3. The van der Waals surface area contributed by atoms with Crippen LogP contribution in [0.1, 0.15) is 46.5 Å². The first-order valence-electron chi connectivity index (χ1n) is 7.35. The minimum absolute atomic E-state index is 0.443. The van der Waals surface area contributed by atoms with Crippen molar-refractivity contribution in [2.24, 2.45) is 0 Å². The Balaban J connectivity index is 2.15. The molecular formula is C17H24N2OS. The van der Waals surface area contributed by atoms with Gasteiger partial charge in [0.2, 0.25) is 0 Å². The molecule has 0 unspecified atom stereocenters. The summed E-state index contributed by atoms with van der Waals surface area (Å²) in [5, 5.41) is 4.26. The van der Waals surface area contributed by atoms with Gasteiger partial charge in [-0.15, -0.1) is 11.3 Å². The van der Waals surface area contributed by atoms with E-state index in [0.717, 1.165) is 17.3 Å². The second kappa shape index (κ2) is 7.05. The van der Waals surface area contributed by atoms with Crippen molar-refractivity contribution in [2.45, 2.75) is 46.8 Å². The van der Waals surface area contributed by atoms with Gasteiger partial charge in [0.15, 0.2) is 0 Å². The first-order valence-corrected chi connectivity index (χ1v) is 8.16. The highest BCUT2D eigenvalue weighted by atomic mass is 32.1. The van der Waals surface area contributed by atoms with E-state index in [2.05, 4.69) is 51.2 Å². The molecule has 1 N–H and O–H groups in total. The number of benzene rings is 1. The average molecular weight is 304 g/mol. The molecule has 0 aliphatic carbocycles. The number of aromatic nitrogens is 1. The fourth-order valence-corrected chi connectivity index (χ4v) is 3.52. The third kappa shape index (κ3) is 3.83. The van der Waals surface area contributed by atoms with Crippen molar-refractivity contribution in [1.82, 2.24) is 10.3 Å². The quantitative estimate of drug-likeness (QED) is 0.869. The second-order valence-electron chi connectivity index (χ2n) is 5.61. The maximum absolute atomic E-state index is 6.01. The van der Waals surface area contributed by atoms with Gasteiger partial charge >= 0.3 is 0 Å². The molecule has 0 spiro atoms. The van der Waals surface area contributed by atoms with Gasteiger partial charge in [0.05, 0.1) is 5.69 Å². The molecule has 0 fully saturated rings. The minimum Gasteiger partial charge on any atom is -0.486 e. The van der Waals surface area contributed by atoms with Crippen LogP contribution in [0, 0.1) is 13.8 Å². The maximum Gasteiger partial charge on any atom is 0.140 e. The van der Waals surface area contributed by atoms with E-state index in [1.807, 2.05) is 7.05 Å². The highest BCUT2D eigenvalue weighted by Crippen LogP contribution is 2.28. The van der Waals surface area contributed by atoms with E-state index in [-0.39, 0.29) is 0 Å². The minimum atomic E-state index is 0.443. The predicted molar refractivity (Wildman–Crippen MR) is 89.2 cm³/mol. The number of hydrogen-bond donors (Lipinski definition) is 1. The predicted octanol–water partition coefficient (Wildman–Crippen LogP) is 4.18. The molecule has 0 aliphatic heterocycles. The van der Waals surface area contributed by atoms with Crippen molar-refractivity contribution in [2.75, 3.05) is 7.05 Å². The van der Waals surface area contributed by atoms with Gasteiger partial charge in [-0.1, -0.05) is 32.0 Å². The SMILES string of the molecule is CNCc1sc(COc2c(C)cccc2C)nc1C(C)C. The van der Waals surface area contributed by atoms with E-state index in [4.69, 9.17) is 9.72 Å². The highest BCUT2D eigenvalue weighted by Gasteiger charge is 2.14. The summed E-state index contributed by atoms with van der Waals surface area (Å²) in [6.45, 7) is 9.94. The largest absolute Gasteiger partial charge is 0.486 e. The Morgan fingerprint density at radius 3 is 2.48 bits per heavy atom. The van der Waals surface area contributed by atoms with Gasteiger partial charge < -0.3 is 10.1 Å². The Bertz CT molecular complexity index is 585. The molecule has 1 aromatic carbocycles.